The molecule has 3 nitrogen and oxygen atoms in total. The Morgan fingerprint density at radius 2 is 2.27 bits per heavy atom. The highest BCUT2D eigenvalue weighted by Crippen LogP contribution is 2.05. The van der Waals surface area contributed by atoms with E-state index in [-0.39, 0.29) is 11.9 Å². The Hall–Kier alpha value is -1.42. The molecule has 0 aromatic heterocycles. The Kier molecular flexibility index (Phi) is 4.24. The molecule has 4 heteroatoms. The van der Waals surface area contributed by atoms with Crippen LogP contribution < -0.4 is 11.3 Å². The van der Waals surface area contributed by atoms with Crippen LogP contribution in [0.1, 0.15) is 19.4 Å². The number of nitrogens with two attached hydrogens (primary N) is 1. The molecule has 0 fully saturated rings. The van der Waals surface area contributed by atoms with Gasteiger partial charge in [-0.2, -0.15) is 0 Å². The average Bonchev–Trinajstić information content (AvgIpc) is 2.16. The van der Waals surface area contributed by atoms with E-state index in [4.69, 9.17) is 5.84 Å². The molecule has 0 aliphatic heterocycles. The molecule has 0 heterocycles. The molecule has 3 N–H and O–H groups in total. The molecule has 0 unspecified atom stereocenters. The van der Waals surface area contributed by atoms with Gasteiger partial charge in [0.25, 0.3) is 0 Å². The van der Waals surface area contributed by atoms with Crippen molar-refractivity contribution < 1.29 is 4.39 Å². The third-order valence-electron chi connectivity index (χ3n) is 1.84. The summed E-state index contributed by atoms with van der Waals surface area (Å²) in [6.45, 7) is 3.92. The third kappa shape index (κ3) is 4.08. The lowest BCUT2D eigenvalue weighted by Crippen LogP contribution is -2.32. The lowest BCUT2D eigenvalue weighted by molar-refractivity contribution is 0.626. The van der Waals surface area contributed by atoms with E-state index < -0.39 is 0 Å². The van der Waals surface area contributed by atoms with Crippen molar-refractivity contribution in [3.63, 3.8) is 0 Å². The van der Waals surface area contributed by atoms with Gasteiger partial charge in [0.2, 0.25) is 0 Å². The van der Waals surface area contributed by atoms with Gasteiger partial charge < -0.3 is 5.43 Å². The molecule has 1 aromatic carbocycles. The number of hydrazine groups is 1. The van der Waals surface area contributed by atoms with Crippen LogP contribution in [-0.2, 0) is 6.42 Å². The van der Waals surface area contributed by atoms with E-state index in [1.165, 1.54) is 12.1 Å². The fourth-order valence-corrected chi connectivity index (χ4v) is 1.29. The molecule has 0 aliphatic rings. The monoisotopic (exact) mass is 209 g/mol. The molecule has 0 spiro atoms. The van der Waals surface area contributed by atoms with Crippen molar-refractivity contribution in [2.75, 3.05) is 0 Å². The van der Waals surface area contributed by atoms with Crippen LogP contribution in [-0.4, -0.2) is 11.9 Å². The number of hydrogen-bond donors (Lipinski definition) is 2. The summed E-state index contributed by atoms with van der Waals surface area (Å²) < 4.78 is 12.9. The zero-order chi connectivity index (χ0) is 11.3. The number of halogens is 1. The zero-order valence-corrected chi connectivity index (χ0v) is 9.00. The van der Waals surface area contributed by atoms with Crippen molar-refractivity contribution >= 4 is 5.84 Å². The first-order valence-corrected chi connectivity index (χ1v) is 4.89. The molecule has 15 heavy (non-hydrogen) atoms. The summed E-state index contributed by atoms with van der Waals surface area (Å²) in [7, 11) is 0. The Balaban J connectivity index is 2.75. The number of nitrogens with zero attached hydrogens (tertiary/aromatic N) is 1. The summed E-state index contributed by atoms with van der Waals surface area (Å²) >= 11 is 0. The fraction of sp³-hybridized carbons (Fsp3) is 0.364. The third-order valence-corrected chi connectivity index (χ3v) is 1.84. The van der Waals surface area contributed by atoms with Gasteiger partial charge in [-0.1, -0.05) is 12.1 Å². The number of rotatable bonds is 3. The lowest BCUT2D eigenvalue weighted by atomic mass is 10.1. The van der Waals surface area contributed by atoms with E-state index in [1.54, 1.807) is 6.07 Å². The van der Waals surface area contributed by atoms with Crippen molar-refractivity contribution in [3.8, 4) is 0 Å². The van der Waals surface area contributed by atoms with Crippen LogP contribution in [0, 0.1) is 5.82 Å². The molecule has 1 rings (SSSR count). The van der Waals surface area contributed by atoms with Crippen LogP contribution >= 0.6 is 0 Å². The predicted molar refractivity (Wildman–Crippen MR) is 60.0 cm³/mol. The van der Waals surface area contributed by atoms with Gasteiger partial charge in [-0.15, -0.1) is 0 Å². The van der Waals surface area contributed by atoms with Crippen molar-refractivity contribution in [2.24, 2.45) is 10.8 Å². The molecule has 0 saturated heterocycles. The van der Waals surface area contributed by atoms with Crippen LogP contribution in [0.4, 0.5) is 4.39 Å². The summed E-state index contributed by atoms with van der Waals surface area (Å²) in [5.74, 6) is 5.75. The maximum absolute atomic E-state index is 12.9. The minimum atomic E-state index is -0.242. The Morgan fingerprint density at radius 1 is 1.53 bits per heavy atom. The summed E-state index contributed by atoms with van der Waals surface area (Å²) in [6.07, 6.45) is 0.520. The summed E-state index contributed by atoms with van der Waals surface area (Å²) in [6, 6.07) is 6.58. The van der Waals surface area contributed by atoms with Crippen LogP contribution in [0.5, 0.6) is 0 Å². The molecular weight excluding hydrogens is 193 g/mol. The van der Waals surface area contributed by atoms with Crippen molar-refractivity contribution in [1.82, 2.24) is 5.43 Å². The van der Waals surface area contributed by atoms with E-state index in [0.29, 0.717) is 12.3 Å². The molecule has 1 aromatic rings. The zero-order valence-electron chi connectivity index (χ0n) is 9.00. The highest BCUT2D eigenvalue weighted by molar-refractivity contribution is 5.83. The maximum Gasteiger partial charge on any atom is 0.123 e. The van der Waals surface area contributed by atoms with Gasteiger partial charge in [0.15, 0.2) is 0 Å². The molecule has 0 bridgehead atoms. The van der Waals surface area contributed by atoms with E-state index in [2.05, 4.69) is 10.4 Å². The topological polar surface area (TPSA) is 50.4 Å². The van der Waals surface area contributed by atoms with Crippen LogP contribution in [0.2, 0.25) is 0 Å². The van der Waals surface area contributed by atoms with Gasteiger partial charge in [-0.25, -0.2) is 10.2 Å². The molecule has 82 valence electrons. The minimum absolute atomic E-state index is 0.171. The molecule has 0 aliphatic carbocycles. The number of nitrogens with one attached hydrogen (secondary N) is 1. The lowest BCUT2D eigenvalue weighted by Gasteiger charge is -2.07. The minimum Gasteiger partial charge on any atom is -0.312 e. The van der Waals surface area contributed by atoms with Gasteiger partial charge in [0, 0.05) is 12.5 Å². The SMILES string of the molecule is CC(C)N=C(Cc1cccc(F)c1)NN. The van der Waals surface area contributed by atoms with E-state index in [9.17, 15) is 4.39 Å². The molecule has 0 saturated carbocycles. The number of aliphatic imine (C=N–C) groups is 1. The van der Waals surface area contributed by atoms with Crippen molar-refractivity contribution in [2.45, 2.75) is 26.3 Å². The van der Waals surface area contributed by atoms with Gasteiger partial charge in [-0.05, 0) is 31.5 Å². The molecular formula is C11H16FN3. The van der Waals surface area contributed by atoms with Crippen LogP contribution in [0.25, 0.3) is 0 Å². The highest BCUT2D eigenvalue weighted by Gasteiger charge is 2.01. The summed E-state index contributed by atoms with van der Waals surface area (Å²) in [4.78, 5) is 4.28. The van der Waals surface area contributed by atoms with Crippen LogP contribution in [0.3, 0.4) is 0 Å². The summed E-state index contributed by atoms with van der Waals surface area (Å²) in [5.41, 5.74) is 3.38. The largest absolute Gasteiger partial charge is 0.312 e. The maximum atomic E-state index is 12.9. The van der Waals surface area contributed by atoms with Gasteiger partial charge >= 0.3 is 0 Å². The van der Waals surface area contributed by atoms with Crippen molar-refractivity contribution in [1.29, 1.82) is 0 Å². The first-order valence-electron chi connectivity index (χ1n) is 4.89. The molecule has 0 amide bonds. The molecule has 0 atom stereocenters. The Bertz CT molecular complexity index is 347. The second-order valence-electron chi connectivity index (χ2n) is 3.62. The van der Waals surface area contributed by atoms with E-state index >= 15 is 0 Å². The summed E-state index contributed by atoms with van der Waals surface area (Å²) in [5, 5.41) is 0. The smallest absolute Gasteiger partial charge is 0.123 e. The average molecular weight is 209 g/mol. The quantitative estimate of drug-likeness (QED) is 0.344. The number of hydrogen-bond acceptors (Lipinski definition) is 2. The van der Waals surface area contributed by atoms with Gasteiger partial charge in [0.1, 0.15) is 11.7 Å². The second-order valence-corrected chi connectivity index (χ2v) is 3.62. The Labute approximate surface area is 89.2 Å². The first kappa shape index (κ1) is 11.7. The van der Waals surface area contributed by atoms with Crippen LogP contribution in [0.15, 0.2) is 29.3 Å². The number of benzene rings is 1. The Morgan fingerprint density at radius 3 is 2.80 bits per heavy atom. The predicted octanol–water partition coefficient (Wildman–Crippen LogP) is 1.64. The standard InChI is InChI=1S/C11H16FN3/c1-8(2)14-11(15-13)7-9-4-3-5-10(12)6-9/h3-6,8H,7,13H2,1-2H3,(H,14,15). The number of amidine groups is 1. The highest BCUT2D eigenvalue weighted by atomic mass is 19.1. The van der Waals surface area contributed by atoms with E-state index in [0.717, 1.165) is 5.56 Å². The molecule has 0 radical (unpaired) electrons. The van der Waals surface area contributed by atoms with Gasteiger partial charge in [0.05, 0.1) is 0 Å². The second kappa shape index (κ2) is 5.46. The fourth-order valence-electron chi connectivity index (χ4n) is 1.29. The normalized spacial score (nSPS) is 11.9. The van der Waals surface area contributed by atoms with E-state index in [1.807, 2.05) is 19.9 Å². The van der Waals surface area contributed by atoms with Crippen molar-refractivity contribution in [3.05, 3.63) is 35.6 Å². The van der Waals surface area contributed by atoms with Gasteiger partial charge in [-0.3, -0.25) is 4.99 Å². The first-order chi connectivity index (χ1) is 7.11.